The maximum atomic E-state index is 12.6. The van der Waals surface area contributed by atoms with E-state index in [0.29, 0.717) is 0 Å². The van der Waals surface area contributed by atoms with Gasteiger partial charge in [-0.15, -0.1) is 0 Å². The topological polar surface area (TPSA) is 29.5 Å². The first-order valence-electron chi connectivity index (χ1n) is 6.35. The van der Waals surface area contributed by atoms with Crippen LogP contribution in [0, 0.1) is 0 Å². The van der Waals surface area contributed by atoms with Gasteiger partial charge in [-0.05, 0) is 36.1 Å². The number of hydrogen-bond acceptors (Lipinski definition) is 2. The van der Waals surface area contributed by atoms with E-state index in [1.165, 1.54) is 12.2 Å². The normalized spacial score (nSPS) is 14.4. The van der Waals surface area contributed by atoms with Gasteiger partial charge in [0.15, 0.2) is 0 Å². The fourth-order valence-corrected chi connectivity index (χ4v) is 2.54. The van der Waals surface area contributed by atoms with E-state index in [-0.39, 0.29) is 5.91 Å². The number of aryl methyl sites for hydroxylation is 2. The molecule has 0 aliphatic carbocycles. The molecule has 0 radical (unpaired) electrons. The average molecular weight is 253 g/mol. The molecule has 2 aromatic carbocycles. The number of hydroxylamine groups is 1. The van der Waals surface area contributed by atoms with Crippen molar-refractivity contribution in [1.29, 1.82) is 0 Å². The van der Waals surface area contributed by atoms with Crippen LogP contribution in [0.1, 0.15) is 21.5 Å². The molecule has 1 aliphatic rings. The van der Waals surface area contributed by atoms with Crippen LogP contribution in [0.3, 0.4) is 0 Å². The highest BCUT2D eigenvalue weighted by atomic mass is 16.7. The maximum absolute atomic E-state index is 12.6. The van der Waals surface area contributed by atoms with Gasteiger partial charge in [0, 0.05) is 5.56 Å². The lowest BCUT2D eigenvalue weighted by molar-refractivity contribution is 0.0770. The Morgan fingerprint density at radius 1 is 0.947 bits per heavy atom. The fraction of sp³-hybridized carbons (Fsp3) is 0.188. The molecule has 1 heterocycles. The summed E-state index contributed by atoms with van der Waals surface area (Å²) in [6, 6.07) is 15.6. The molecule has 2 aromatic rings. The fourth-order valence-electron chi connectivity index (χ4n) is 2.54. The third-order valence-corrected chi connectivity index (χ3v) is 3.49. The molecule has 0 saturated heterocycles. The van der Waals surface area contributed by atoms with Crippen LogP contribution in [0.2, 0.25) is 0 Å². The molecule has 1 aliphatic heterocycles. The molecule has 1 amide bonds. The largest absolute Gasteiger partial charge is 0.282 e. The van der Waals surface area contributed by atoms with Crippen molar-refractivity contribution in [3.05, 3.63) is 65.2 Å². The van der Waals surface area contributed by atoms with Gasteiger partial charge in [-0.2, -0.15) is 5.06 Å². The minimum absolute atomic E-state index is 0.106. The predicted molar refractivity (Wildman–Crippen MR) is 74.1 cm³/mol. The standard InChI is InChI=1S/C16H15NO2/c1-19-17-15-9-5-3-7-13(15)11-10-12-6-2-4-8-14(12)16(17)18/h2-9H,10-11H2,1H3. The number of carbonyl (C=O) groups is 1. The smallest absolute Gasteiger partial charge is 0.269 e. The third kappa shape index (κ3) is 2.02. The number of rotatable bonds is 1. The Morgan fingerprint density at radius 2 is 1.58 bits per heavy atom. The van der Waals surface area contributed by atoms with Crippen molar-refractivity contribution >= 4 is 11.6 Å². The van der Waals surface area contributed by atoms with Crippen LogP contribution in [0.5, 0.6) is 0 Å². The molecule has 0 spiro atoms. The van der Waals surface area contributed by atoms with Crippen molar-refractivity contribution in [2.45, 2.75) is 12.8 Å². The van der Waals surface area contributed by atoms with Gasteiger partial charge in [0.1, 0.15) is 0 Å². The van der Waals surface area contributed by atoms with E-state index < -0.39 is 0 Å². The number of amides is 1. The summed E-state index contributed by atoms with van der Waals surface area (Å²) in [5.74, 6) is -0.106. The summed E-state index contributed by atoms with van der Waals surface area (Å²) < 4.78 is 0. The van der Waals surface area contributed by atoms with Gasteiger partial charge in [0.25, 0.3) is 5.91 Å². The van der Waals surface area contributed by atoms with E-state index in [2.05, 4.69) is 0 Å². The Balaban J connectivity index is 2.15. The highest BCUT2D eigenvalue weighted by Gasteiger charge is 2.24. The lowest BCUT2D eigenvalue weighted by atomic mass is 9.96. The van der Waals surface area contributed by atoms with Crippen molar-refractivity contribution in [3.63, 3.8) is 0 Å². The minimum Gasteiger partial charge on any atom is -0.269 e. The van der Waals surface area contributed by atoms with E-state index in [9.17, 15) is 4.79 Å². The zero-order valence-corrected chi connectivity index (χ0v) is 10.8. The molecule has 3 rings (SSSR count). The number of carbonyl (C=O) groups excluding carboxylic acids is 1. The summed E-state index contributed by atoms with van der Waals surface area (Å²) in [6.45, 7) is 0. The van der Waals surface area contributed by atoms with Crippen LogP contribution in [0.25, 0.3) is 0 Å². The van der Waals surface area contributed by atoms with E-state index in [0.717, 1.165) is 35.2 Å². The monoisotopic (exact) mass is 253 g/mol. The van der Waals surface area contributed by atoms with Crippen LogP contribution in [0.4, 0.5) is 5.69 Å². The van der Waals surface area contributed by atoms with E-state index in [1.54, 1.807) is 0 Å². The Labute approximate surface area is 112 Å². The summed E-state index contributed by atoms with van der Waals surface area (Å²) in [4.78, 5) is 17.9. The summed E-state index contributed by atoms with van der Waals surface area (Å²) in [5, 5.41) is 1.38. The van der Waals surface area contributed by atoms with Crippen molar-refractivity contribution in [1.82, 2.24) is 0 Å². The molecule has 0 aromatic heterocycles. The minimum atomic E-state index is -0.106. The first-order chi connectivity index (χ1) is 9.31. The Bertz CT molecular complexity index is 622. The number of nitrogens with zero attached hydrogens (tertiary/aromatic N) is 1. The second-order valence-corrected chi connectivity index (χ2v) is 4.57. The first-order valence-corrected chi connectivity index (χ1v) is 6.35. The number of hydrogen-bond donors (Lipinski definition) is 0. The van der Waals surface area contributed by atoms with Crippen molar-refractivity contribution in [2.24, 2.45) is 0 Å². The molecule has 0 atom stereocenters. The van der Waals surface area contributed by atoms with E-state index >= 15 is 0 Å². The average Bonchev–Trinajstić information content (AvgIpc) is 2.46. The highest BCUT2D eigenvalue weighted by Crippen LogP contribution is 2.28. The highest BCUT2D eigenvalue weighted by molar-refractivity contribution is 6.06. The second kappa shape index (κ2) is 4.86. The SMILES string of the molecule is CON1C(=O)c2ccccc2CCc2ccccc21. The number of para-hydroxylation sites is 1. The quantitative estimate of drug-likeness (QED) is 0.782. The molecule has 3 nitrogen and oxygen atoms in total. The molecular formula is C16H15NO2. The van der Waals surface area contributed by atoms with Crippen LogP contribution in [0.15, 0.2) is 48.5 Å². The summed E-state index contributed by atoms with van der Waals surface area (Å²) in [5.41, 5.74) is 3.76. The van der Waals surface area contributed by atoms with Gasteiger partial charge in [0.05, 0.1) is 12.8 Å². The lowest BCUT2D eigenvalue weighted by Crippen LogP contribution is -2.32. The van der Waals surface area contributed by atoms with Gasteiger partial charge in [-0.3, -0.25) is 9.63 Å². The molecule has 0 unspecified atom stereocenters. The molecule has 0 bridgehead atoms. The third-order valence-electron chi connectivity index (χ3n) is 3.49. The van der Waals surface area contributed by atoms with Gasteiger partial charge in [-0.1, -0.05) is 36.4 Å². The molecular weight excluding hydrogens is 238 g/mol. The Morgan fingerprint density at radius 3 is 2.37 bits per heavy atom. The molecule has 0 N–H and O–H groups in total. The van der Waals surface area contributed by atoms with Gasteiger partial charge in [0.2, 0.25) is 0 Å². The molecule has 19 heavy (non-hydrogen) atoms. The van der Waals surface area contributed by atoms with Gasteiger partial charge < -0.3 is 0 Å². The first kappa shape index (κ1) is 11.9. The van der Waals surface area contributed by atoms with Crippen LogP contribution in [-0.2, 0) is 17.7 Å². The second-order valence-electron chi connectivity index (χ2n) is 4.57. The lowest BCUT2D eigenvalue weighted by Gasteiger charge is -2.25. The summed E-state index contributed by atoms with van der Waals surface area (Å²) in [6.07, 6.45) is 1.77. The van der Waals surface area contributed by atoms with Crippen molar-refractivity contribution in [3.8, 4) is 0 Å². The number of anilines is 1. The van der Waals surface area contributed by atoms with Gasteiger partial charge >= 0.3 is 0 Å². The van der Waals surface area contributed by atoms with E-state index in [1.807, 2.05) is 48.5 Å². The van der Waals surface area contributed by atoms with Crippen LogP contribution in [-0.4, -0.2) is 13.0 Å². The van der Waals surface area contributed by atoms with Crippen molar-refractivity contribution < 1.29 is 9.63 Å². The summed E-state index contributed by atoms with van der Waals surface area (Å²) >= 11 is 0. The number of fused-ring (bicyclic) bond motifs is 2. The predicted octanol–water partition coefficient (Wildman–Crippen LogP) is 2.99. The van der Waals surface area contributed by atoms with E-state index in [4.69, 9.17) is 4.84 Å². The molecule has 3 heteroatoms. The molecule has 0 saturated carbocycles. The molecule has 96 valence electrons. The summed E-state index contributed by atoms with van der Waals surface area (Å²) in [7, 11) is 1.53. The molecule has 0 fully saturated rings. The Hall–Kier alpha value is -2.13. The number of benzene rings is 2. The van der Waals surface area contributed by atoms with Gasteiger partial charge in [-0.25, -0.2) is 0 Å². The maximum Gasteiger partial charge on any atom is 0.282 e. The zero-order valence-electron chi connectivity index (χ0n) is 10.8. The zero-order chi connectivity index (χ0) is 13.2. The Kier molecular flexibility index (Phi) is 3.05. The van der Waals surface area contributed by atoms with Crippen molar-refractivity contribution in [2.75, 3.05) is 12.2 Å². The van der Waals surface area contributed by atoms with Crippen LogP contribution >= 0.6 is 0 Å². The van der Waals surface area contributed by atoms with Crippen LogP contribution < -0.4 is 5.06 Å².